The van der Waals surface area contributed by atoms with Crippen LogP contribution >= 0.6 is 0 Å². The van der Waals surface area contributed by atoms with Gasteiger partial charge in [-0.3, -0.25) is 4.79 Å². The summed E-state index contributed by atoms with van der Waals surface area (Å²) < 4.78 is 0. The first-order valence-electron chi connectivity index (χ1n) is 4.51. The van der Waals surface area contributed by atoms with E-state index in [0.717, 1.165) is 6.42 Å². The molecule has 0 aromatic heterocycles. The summed E-state index contributed by atoms with van der Waals surface area (Å²) >= 11 is 0. The van der Waals surface area contributed by atoms with Crippen molar-refractivity contribution in [2.24, 2.45) is 11.1 Å². The Balaban J connectivity index is 4.32. The van der Waals surface area contributed by atoms with E-state index < -0.39 is 0 Å². The third kappa shape index (κ3) is 3.86. The van der Waals surface area contributed by atoms with Crippen LogP contribution in [0.2, 0.25) is 0 Å². The van der Waals surface area contributed by atoms with Gasteiger partial charge in [0.05, 0.1) is 0 Å². The molecule has 0 aromatic rings. The zero-order valence-corrected chi connectivity index (χ0v) is 8.90. The maximum Gasteiger partial charge on any atom is 0.138 e. The summed E-state index contributed by atoms with van der Waals surface area (Å²) in [5.74, 6) is 0.293. The molecule has 0 saturated heterocycles. The fourth-order valence-electron chi connectivity index (χ4n) is 1.72. The van der Waals surface area contributed by atoms with E-state index in [0.29, 0.717) is 12.2 Å². The maximum absolute atomic E-state index is 11.5. The lowest BCUT2D eigenvalue weighted by atomic mass is 9.77. The lowest BCUT2D eigenvalue weighted by Gasteiger charge is -2.30. The quantitative estimate of drug-likeness (QED) is 0.704. The fraction of sp³-hybridized carbons (Fsp3) is 0.900. The van der Waals surface area contributed by atoms with E-state index in [1.54, 1.807) is 0 Å². The topological polar surface area (TPSA) is 43.1 Å². The van der Waals surface area contributed by atoms with Crippen LogP contribution < -0.4 is 5.73 Å². The smallest absolute Gasteiger partial charge is 0.138 e. The number of carbonyl (C=O) groups excluding carboxylic acids is 1. The highest BCUT2D eigenvalue weighted by Gasteiger charge is 2.31. The van der Waals surface area contributed by atoms with Gasteiger partial charge in [0.2, 0.25) is 0 Å². The highest BCUT2D eigenvalue weighted by molar-refractivity contribution is 5.83. The summed E-state index contributed by atoms with van der Waals surface area (Å²) in [5, 5.41) is 0. The molecule has 0 atom stereocenters. The van der Waals surface area contributed by atoms with Crippen molar-refractivity contribution in [2.45, 2.75) is 53.0 Å². The summed E-state index contributed by atoms with van der Waals surface area (Å²) in [7, 11) is 0. The van der Waals surface area contributed by atoms with E-state index in [2.05, 4.69) is 0 Å². The maximum atomic E-state index is 11.5. The number of hydrogen-bond donors (Lipinski definition) is 1. The Morgan fingerprint density at radius 3 is 1.92 bits per heavy atom. The van der Waals surface area contributed by atoms with Gasteiger partial charge in [-0.05, 0) is 20.3 Å². The van der Waals surface area contributed by atoms with Crippen LogP contribution in [0.5, 0.6) is 0 Å². The average Bonchev–Trinajstić information content (AvgIpc) is 1.80. The standard InChI is InChI=1S/C10H21NO/c1-6-8(12)9(2,3)7-10(4,5)11/h6-7,11H2,1-5H3. The predicted octanol–water partition coefficient (Wildman–Crippen LogP) is 2.12. The van der Waals surface area contributed by atoms with E-state index in [-0.39, 0.29) is 11.0 Å². The summed E-state index contributed by atoms with van der Waals surface area (Å²) in [6, 6.07) is 0. The van der Waals surface area contributed by atoms with Crippen molar-refractivity contribution < 1.29 is 4.79 Å². The summed E-state index contributed by atoms with van der Waals surface area (Å²) in [6.45, 7) is 9.74. The van der Waals surface area contributed by atoms with Gasteiger partial charge >= 0.3 is 0 Å². The Morgan fingerprint density at radius 1 is 1.25 bits per heavy atom. The fourth-order valence-corrected chi connectivity index (χ4v) is 1.72. The van der Waals surface area contributed by atoms with Crippen molar-refractivity contribution >= 4 is 5.78 Å². The molecule has 0 aliphatic heterocycles. The first-order valence-corrected chi connectivity index (χ1v) is 4.51. The average molecular weight is 171 g/mol. The molecule has 0 amide bonds. The highest BCUT2D eigenvalue weighted by Crippen LogP contribution is 2.28. The van der Waals surface area contributed by atoms with Crippen molar-refractivity contribution in [2.75, 3.05) is 0 Å². The van der Waals surface area contributed by atoms with Crippen LogP contribution in [0.1, 0.15) is 47.5 Å². The van der Waals surface area contributed by atoms with Crippen LogP contribution in [-0.2, 0) is 4.79 Å². The minimum Gasteiger partial charge on any atom is -0.326 e. The van der Waals surface area contributed by atoms with E-state index >= 15 is 0 Å². The van der Waals surface area contributed by atoms with Crippen LogP contribution in [-0.4, -0.2) is 11.3 Å². The molecule has 0 unspecified atom stereocenters. The number of hydrogen-bond acceptors (Lipinski definition) is 2. The Morgan fingerprint density at radius 2 is 1.67 bits per heavy atom. The van der Waals surface area contributed by atoms with E-state index in [1.165, 1.54) is 0 Å². The van der Waals surface area contributed by atoms with Crippen molar-refractivity contribution in [3.05, 3.63) is 0 Å². The lowest BCUT2D eigenvalue weighted by Crippen LogP contribution is -2.40. The second-order valence-corrected chi connectivity index (χ2v) is 4.83. The molecule has 0 bridgehead atoms. The summed E-state index contributed by atoms with van der Waals surface area (Å²) in [4.78, 5) is 11.5. The van der Waals surface area contributed by atoms with Gasteiger partial charge in [0.25, 0.3) is 0 Å². The highest BCUT2D eigenvalue weighted by atomic mass is 16.1. The molecule has 0 rings (SSSR count). The second kappa shape index (κ2) is 3.56. The number of Topliss-reactive ketones (excluding diaryl/α,β-unsaturated/α-hetero) is 1. The number of rotatable bonds is 4. The van der Waals surface area contributed by atoms with Crippen molar-refractivity contribution in [1.82, 2.24) is 0 Å². The first-order chi connectivity index (χ1) is 5.19. The SMILES string of the molecule is CCC(=O)C(C)(C)CC(C)(C)N. The van der Waals surface area contributed by atoms with Gasteiger partial charge in [-0.25, -0.2) is 0 Å². The molecule has 2 heteroatoms. The molecule has 2 N–H and O–H groups in total. The van der Waals surface area contributed by atoms with Crippen LogP contribution in [0.25, 0.3) is 0 Å². The van der Waals surface area contributed by atoms with E-state index in [1.807, 2.05) is 34.6 Å². The van der Waals surface area contributed by atoms with Crippen molar-refractivity contribution in [1.29, 1.82) is 0 Å². The van der Waals surface area contributed by atoms with Crippen LogP contribution in [0.3, 0.4) is 0 Å². The van der Waals surface area contributed by atoms with Crippen LogP contribution in [0.4, 0.5) is 0 Å². The van der Waals surface area contributed by atoms with Gasteiger partial charge < -0.3 is 5.73 Å². The normalized spacial score (nSPS) is 13.2. The molecule has 0 aliphatic carbocycles. The molecule has 0 heterocycles. The van der Waals surface area contributed by atoms with Gasteiger partial charge in [-0.15, -0.1) is 0 Å². The Hall–Kier alpha value is -0.370. The predicted molar refractivity (Wildman–Crippen MR) is 52.0 cm³/mol. The van der Waals surface area contributed by atoms with E-state index in [4.69, 9.17) is 5.73 Å². The molecule has 72 valence electrons. The minimum absolute atomic E-state index is 0.256. The Labute approximate surface area is 75.5 Å². The molecule has 0 aromatic carbocycles. The molecular formula is C10H21NO. The lowest BCUT2D eigenvalue weighted by molar-refractivity contribution is -0.127. The molecule has 12 heavy (non-hydrogen) atoms. The van der Waals surface area contributed by atoms with Crippen LogP contribution in [0, 0.1) is 5.41 Å². The Kier molecular flexibility index (Phi) is 3.45. The molecular weight excluding hydrogens is 150 g/mol. The third-order valence-electron chi connectivity index (χ3n) is 1.97. The summed E-state index contributed by atoms with van der Waals surface area (Å²) in [5.41, 5.74) is 5.34. The van der Waals surface area contributed by atoms with Gasteiger partial charge in [0, 0.05) is 17.4 Å². The zero-order valence-electron chi connectivity index (χ0n) is 8.90. The van der Waals surface area contributed by atoms with Gasteiger partial charge in [-0.1, -0.05) is 20.8 Å². The molecule has 2 nitrogen and oxygen atoms in total. The summed E-state index contributed by atoms with van der Waals surface area (Å²) in [6.07, 6.45) is 1.34. The van der Waals surface area contributed by atoms with Crippen LogP contribution in [0.15, 0.2) is 0 Å². The third-order valence-corrected chi connectivity index (χ3v) is 1.97. The second-order valence-electron chi connectivity index (χ2n) is 4.83. The van der Waals surface area contributed by atoms with Gasteiger partial charge in [-0.2, -0.15) is 0 Å². The van der Waals surface area contributed by atoms with Crippen molar-refractivity contribution in [3.8, 4) is 0 Å². The molecule has 0 aliphatic rings. The number of ketones is 1. The van der Waals surface area contributed by atoms with E-state index in [9.17, 15) is 4.79 Å². The Bertz CT molecular complexity index is 165. The first kappa shape index (κ1) is 11.6. The minimum atomic E-state index is -0.271. The molecule has 0 saturated carbocycles. The zero-order chi connectivity index (χ0) is 9.99. The van der Waals surface area contributed by atoms with Gasteiger partial charge in [0.15, 0.2) is 0 Å². The number of nitrogens with two attached hydrogens (primary N) is 1. The molecule has 0 spiro atoms. The van der Waals surface area contributed by atoms with Gasteiger partial charge in [0.1, 0.15) is 5.78 Å². The molecule has 0 radical (unpaired) electrons. The largest absolute Gasteiger partial charge is 0.326 e. The van der Waals surface area contributed by atoms with Crippen molar-refractivity contribution in [3.63, 3.8) is 0 Å². The monoisotopic (exact) mass is 171 g/mol. The number of carbonyl (C=O) groups is 1. The molecule has 0 fully saturated rings.